The van der Waals surface area contributed by atoms with E-state index in [1.54, 1.807) is 12.1 Å². The average Bonchev–Trinajstić information content (AvgIpc) is 2.41. The van der Waals surface area contributed by atoms with Crippen molar-refractivity contribution in [1.29, 1.82) is 0 Å². The third-order valence-electron chi connectivity index (χ3n) is 3.25. The Labute approximate surface area is 113 Å². The zero-order valence-electron chi connectivity index (χ0n) is 11.7. The second kappa shape index (κ2) is 6.78. The lowest BCUT2D eigenvalue weighted by atomic mass is 9.86. The lowest BCUT2D eigenvalue weighted by molar-refractivity contribution is -0.137. The van der Waals surface area contributed by atoms with Gasteiger partial charge in [0.25, 0.3) is 0 Å². The molecular weight excluding hydrogens is 249 g/mol. The van der Waals surface area contributed by atoms with E-state index in [1.807, 2.05) is 19.9 Å². The molecule has 19 heavy (non-hydrogen) atoms. The second-order valence-corrected chi connectivity index (χ2v) is 4.65. The lowest BCUT2D eigenvalue weighted by Crippen LogP contribution is -2.10. The van der Waals surface area contributed by atoms with Gasteiger partial charge in [-0.05, 0) is 42.4 Å². The average molecular weight is 270 g/mol. The molecule has 0 nitrogen and oxygen atoms in total. The van der Waals surface area contributed by atoms with Gasteiger partial charge in [-0.15, -0.1) is 0 Å². The van der Waals surface area contributed by atoms with Gasteiger partial charge in [0, 0.05) is 0 Å². The fourth-order valence-electron chi connectivity index (χ4n) is 2.22. The van der Waals surface area contributed by atoms with Crippen LogP contribution in [0.2, 0.25) is 0 Å². The minimum atomic E-state index is -4.26. The molecule has 3 heteroatoms. The summed E-state index contributed by atoms with van der Waals surface area (Å²) in [6, 6.07) is 5.85. The standard InChI is InChI=1S/C14H15F3.C2H6/c1-10-6-8-11(9-7-10)12-4-2-3-5-13(12)14(15,16)17;1-2/h2-5,8,10H,6-7,9H2,1H3;1-2H3. The van der Waals surface area contributed by atoms with Crippen LogP contribution in [0.3, 0.4) is 0 Å². The van der Waals surface area contributed by atoms with E-state index in [9.17, 15) is 13.2 Å². The summed E-state index contributed by atoms with van der Waals surface area (Å²) in [7, 11) is 0. The highest BCUT2D eigenvalue weighted by Gasteiger charge is 2.33. The molecule has 0 fully saturated rings. The fourth-order valence-corrected chi connectivity index (χ4v) is 2.22. The van der Waals surface area contributed by atoms with E-state index in [-0.39, 0.29) is 0 Å². The summed E-state index contributed by atoms with van der Waals surface area (Å²) in [6.07, 6.45) is 0.285. The number of rotatable bonds is 1. The van der Waals surface area contributed by atoms with Gasteiger partial charge >= 0.3 is 6.18 Å². The van der Waals surface area contributed by atoms with Crippen LogP contribution in [0.5, 0.6) is 0 Å². The lowest BCUT2D eigenvalue weighted by Gasteiger charge is -2.21. The quantitative estimate of drug-likeness (QED) is 0.593. The van der Waals surface area contributed by atoms with E-state index in [4.69, 9.17) is 0 Å². The molecule has 1 atom stereocenters. The Balaban J connectivity index is 0.000000861. The highest BCUT2D eigenvalue weighted by Crippen LogP contribution is 2.38. The van der Waals surface area contributed by atoms with Crippen LogP contribution in [0.15, 0.2) is 30.3 Å². The molecule has 1 aliphatic rings. The Morgan fingerprint density at radius 2 is 1.74 bits per heavy atom. The first-order chi connectivity index (χ1) is 8.98. The summed E-state index contributed by atoms with van der Waals surface area (Å²) in [6.45, 7) is 6.13. The number of benzene rings is 1. The number of hydrogen-bond donors (Lipinski definition) is 0. The van der Waals surface area contributed by atoms with Crippen molar-refractivity contribution in [3.05, 3.63) is 41.5 Å². The van der Waals surface area contributed by atoms with Gasteiger partial charge in [-0.3, -0.25) is 0 Å². The molecule has 0 N–H and O–H groups in total. The number of hydrogen-bond acceptors (Lipinski definition) is 0. The first-order valence-corrected chi connectivity index (χ1v) is 6.84. The third-order valence-corrected chi connectivity index (χ3v) is 3.25. The van der Waals surface area contributed by atoms with Crippen molar-refractivity contribution in [3.8, 4) is 0 Å². The molecule has 0 amide bonds. The van der Waals surface area contributed by atoms with Crippen molar-refractivity contribution in [2.24, 2.45) is 5.92 Å². The highest BCUT2D eigenvalue weighted by atomic mass is 19.4. The van der Waals surface area contributed by atoms with Crippen LogP contribution < -0.4 is 0 Å². The van der Waals surface area contributed by atoms with Crippen LogP contribution in [0.25, 0.3) is 5.57 Å². The number of alkyl halides is 3. The molecular formula is C16H21F3. The Kier molecular flexibility index (Phi) is 5.64. The molecule has 0 bridgehead atoms. The van der Waals surface area contributed by atoms with E-state index in [0.717, 1.165) is 30.9 Å². The van der Waals surface area contributed by atoms with Crippen LogP contribution in [0, 0.1) is 5.92 Å². The van der Waals surface area contributed by atoms with Gasteiger partial charge in [-0.2, -0.15) is 13.2 Å². The van der Waals surface area contributed by atoms with Gasteiger partial charge in [0.1, 0.15) is 0 Å². The first-order valence-electron chi connectivity index (χ1n) is 6.84. The molecule has 0 saturated carbocycles. The topological polar surface area (TPSA) is 0 Å². The van der Waals surface area contributed by atoms with Crippen molar-refractivity contribution in [1.82, 2.24) is 0 Å². The zero-order chi connectivity index (χ0) is 14.5. The number of allylic oxidation sites excluding steroid dienone is 2. The van der Waals surface area contributed by atoms with Crippen LogP contribution in [-0.2, 0) is 6.18 Å². The van der Waals surface area contributed by atoms with Crippen LogP contribution in [0.4, 0.5) is 13.2 Å². The Hall–Kier alpha value is -1.25. The monoisotopic (exact) mass is 270 g/mol. The van der Waals surface area contributed by atoms with Gasteiger partial charge in [0.05, 0.1) is 5.56 Å². The summed E-state index contributed by atoms with van der Waals surface area (Å²) >= 11 is 0. The molecule has 1 aliphatic carbocycles. The van der Waals surface area contributed by atoms with E-state index in [1.165, 1.54) is 6.07 Å². The molecule has 1 aromatic carbocycles. The Bertz CT molecular complexity index is 430. The van der Waals surface area contributed by atoms with Gasteiger partial charge in [0.15, 0.2) is 0 Å². The highest BCUT2D eigenvalue weighted by molar-refractivity contribution is 5.69. The van der Waals surface area contributed by atoms with Crippen molar-refractivity contribution >= 4 is 5.57 Å². The van der Waals surface area contributed by atoms with E-state index >= 15 is 0 Å². The molecule has 0 heterocycles. The zero-order valence-corrected chi connectivity index (χ0v) is 11.7. The van der Waals surface area contributed by atoms with Gasteiger partial charge in [-0.1, -0.05) is 45.0 Å². The van der Waals surface area contributed by atoms with Crippen molar-refractivity contribution < 1.29 is 13.2 Å². The molecule has 0 aromatic heterocycles. The maximum Gasteiger partial charge on any atom is 0.416 e. The summed E-state index contributed by atoms with van der Waals surface area (Å²) in [5.41, 5.74) is 0.684. The van der Waals surface area contributed by atoms with Gasteiger partial charge in [-0.25, -0.2) is 0 Å². The van der Waals surface area contributed by atoms with Crippen molar-refractivity contribution in [2.45, 2.75) is 46.2 Å². The molecule has 1 unspecified atom stereocenters. The summed E-state index contributed by atoms with van der Waals surface area (Å²) < 4.78 is 38.6. The fraction of sp³-hybridized carbons (Fsp3) is 0.500. The van der Waals surface area contributed by atoms with Gasteiger partial charge < -0.3 is 0 Å². The van der Waals surface area contributed by atoms with Crippen LogP contribution in [0.1, 0.15) is 51.2 Å². The van der Waals surface area contributed by atoms with Gasteiger partial charge in [0.2, 0.25) is 0 Å². The molecule has 2 rings (SSSR count). The molecule has 0 spiro atoms. The predicted octanol–water partition coefficient (Wildman–Crippen LogP) is 5.94. The van der Waals surface area contributed by atoms with Crippen molar-refractivity contribution in [2.75, 3.05) is 0 Å². The maximum absolute atomic E-state index is 12.9. The largest absolute Gasteiger partial charge is 0.416 e. The SMILES string of the molecule is CC.CC1CC=C(c2ccccc2C(F)(F)F)CC1. The molecule has 0 saturated heterocycles. The predicted molar refractivity (Wildman–Crippen MR) is 73.8 cm³/mol. The molecule has 0 radical (unpaired) electrons. The van der Waals surface area contributed by atoms with E-state index < -0.39 is 11.7 Å². The summed E-state index contributed by atoms with van der Waals surface area (Å²) in [5, 5.41) is 0. The van der Waals surface area contributed by atoms with Crippen molar-refractivity contribution in [3.63, 3.8) is 0 Å². The van der Waals surface area contributed by atoms with E-state index in [2.05, 4.69) is 6.92 Å². The molecule has 1 aromatic rings. The van der Waals surface area contributed by atoms with Crippen LogP contribution >= 0.6 is 0 Å². The third kappa shape index (κ3) is 4.12. The molecule has 106 valence electrons. The second-order valence-electron chi connectivity index (χ2n) is 4.65. The number of halogens is 3. The Morgan fingerprint density at radius 1 is 1.11 bits per heavy atom. The summed E-state index contributed by atoms with van der Waals surface area (Å²) in [5.74, 6) is 0.580. The molecule has 0 aliphatic heterocycles. The van der Waals surface area contributed by atoms with E-state index in [0.29, 0.717) is 11.5 Å². The minimum absolute atomic E-state index is 0.354. The normalized spacial score (nSPS) is 19.3. The maximum atomic E-state index is 12.9. The van der Waals surface area contributed by atoms with Crippen LogP contribution in [-0.4, -0.2) is 0 Å². The first kappa shape index (κ1) is 15.8. The Morgan fingerprint density at radius 3 is 2.26 bits per heavy atom. The smallest absolute Gasteiger partial charge is 0.166 e. The minimum Gasteiger partial charge on any atom is -0.166 e. The summed E-state index contributed by atoms with van der Waals surface area (Å²) in [4.78, 5) is 0.